The highest BCUT2D eigenvalue weighted by atomic mass is 31.2. The van der Waals surface area contributed by atoms with E-state index in [1.54, 1.807) is 0 Å². The van der Waals surface area contributed by atoms with Crippen LogP contribution < -0.4 is 11.1 Å². The summed E-state index contributed by atoms with van der Waals surface area (Å²) in [5, 5.41) is 2.08. The van der Waals surface area contributed by atoms with Gasteiger partial charge in [0, 0.05) is 0 Å². The van der Waals surface area contributed by atoms with Gasteiger partial charge in [0.2, 0.25) is 5.91 Å². The molecule has 0 radical (unpaired) electrons. The lowest BCUT2D eigenvalue weighted by Gasteiger charge is -2.11. The maximum Gasteiger partial charge on any atom is 0.344 e. The Bertz CT molecular complexity index is 215. The summed E-state index contributed by atoms with van der Waals surface area (Å²) in [4.78, 5) is 27.9. The van der Waals surface area contributed by atoms with E-state index in [0.29, 0.717) is 6.42 Å². The molecule has 0 aromatic carbocycles. The van der Waals surface area contributed by atoms with Crippen molar-refractivity contribution in [1.82, 2.24) is 5.32 Å². The third-order valence-corrected chi connectivity index (χ3v) is 1.97. The lowest BCUT2D eigenvalue weighted by Crippen LogP contribution is -2.40. The number of hydrogen-bond acceptors (Lipinski definition) is 3. The molecule has 13 heavy (non-hydrogen) atoms. The first-order valence-electron chi connectivity index (χ1n) is 3.94. The van der Waals surface area contributed by atoms with Crippen molar-refractivity contribution in [2.24, 2.45) is 5.73 Å². The third kappa shape index (κ3) is 6.72. The SMILES string of the molecule is CCC[C@H](N)C(=O)NCP(=O)(O)O. The zero-order chi connectivity index (χ0) is 10.5. The van der Waals surface area contributed by atoms with Gasteiger partial charge in [0.05, 0.1) is 6.04 Å². The van der Waals surface area contributed by atoms with Crippen LogP contribution in [0, 0.1) is 0 Å². The molecule has 1 atom stereocenters. The van der Waals surface area contributed by atoms with Crippen LogP contribution in [0.15, 0.2) is 0 Å². The summed E-state index contributed by atoms with van der Waals surface area (Å²) in [7, 11) is -4.17. The minimum absolute atomic E-state index is 0.507. The highest BCUT2D eigenvalue weighted by Crippen LogP contribution is 2.31. The van der Waals surface area contributed by atoms with Gasteiger partial charge >= 0.3 is 7.60 Å². The molecule has 0 aliphatic carbocycles. The Morgan fingerprint density at radius 3 is 2.54 bits per heavy atom. The Kier molecular flexibility index (Phi) is 5.17. The van der Waals surface area contributed by atoms with E-state index in [2.05, 4.69) is 5.32 Å². The van der Waals surface area contributed by atoms with Crippen molar-refractivity contribution in [3.05, 3.63) is 0 Å². The highest BCUT2D eigenvalue weighted by Gasteiger charge is 2.17. The van der Waals surface area contributed by atoms with Crippen LogP contribution in [0.1, 0.15) is 19.8 Å². The first-order chi connectivity index (χ1) is 5.87. The van der Waals surface area contributed by atoms with Gasteiger partial charge in [0.25, 0.3) is 0 Å². The van der Waals surface area contributed by atoms with Crippen LogP contribution in [0.4, 0.5) is 0 Å². The Balaban J connectivity index is 3.81. The summed E-state index contributed by atoms with van der Waals surface area (Å²) in [5.41, 5.74) is 5.39. The topological polar surface area (TPSA) is 113 Å². The predicted molar refractivity (Wildman–Crippen MR) is 47.9 cm³/mol. The summed E-state index contributed by atoms with van der Waals surface area (Å²) in [5.74, 6) is -0.523. The van der Waals surface area contributed by atoms with Crippen molar-refractivity contribution in [2.45, 2.75) is 25.8 Å². The second-order valence-corrected chi connectivity index (χ2v) is 4.40. The Morgan fingerprint density at radius 1 is 1.62 bits per heavy atom. The number of hydrogen-bond donors (Lipinski definition) is 4. The van der Waals surface area contributed by atoms with Gasteiger partial charge in [-0.05, 0) is 6.42 Å². The van der Waals surface area contributed by atoms with Crippen molar-refractivity contribution in [1.29, 1.82) is 0 Å². The molecule has 6 nitrogen and oxygen atoms in total. The Hall–Kier alpha value is -0.420. The first kappa shape index (κ1) is 12.6. The van der Waals surface area contributed by atoms with Gasteiger partial charge in [-0.2, -0.15) is 0 Å². The molecule has 0 rings (SSSR count). The Labute approximate surface area is 76.7 Å². The molecule has 0 aromatic heterocycles. The van der Waals surface area contributed by atoms with E-state index < -0.39 is 25.8 Å². The summed E-state index contributed by atoms with van der Waals surface area (Å²) in [6, 6.07) is -0.684. The van der Waals surface area contributed by atoms with Gasteiger partial charge in [-0.3, -0.25) is 9.36 Å². The average molecular weight is 210 g/mol. The molecule has 0 fully saturated rings. The lowest BCUT2D eigenvalue weighted by molar-refractivity contribution is -0.122. The molecule has 0 saturated carbocycles. The molecular weight excluding hydrogens is 195 g/mol. The van der Waals surface area contributed by atoms with E-state index in [4.69, 9.17) is 15.5 Å². The van der Waals surface area contributed by atoms with Crippen LogP contribution in [0.25, 0.3) is 0 Å². The van der Waals surface area contributed by atoms with Crippen LogP contribution in [0.2, 0.25) is 0 Å². The molecule has 0 aliphatic heterocycles. The van der Waals surface area contributed by atoms with Crippen LogP contribution in [-0.2, 0) is 9.36 Å². The van der Waals surface area contributed by atoms with Crippen LogP contribution in [0.5, 0.6) is 0 Å². The summed E-state index contributed by atoms with van der Waals surface area (Å²) in [6.45, 7) is 1.87. The monoisotopic (exact) mass is 210 g/mol. The van der Waals surface area contributed by atoms with E-state index in [9.17, 15) is 9.36 Å². The zero-order valence-corrected chi connectivity index (χ0v) is 8.33. The first-order valence-corrected chi connectivity index (χ1v) is 5.74. The number of nitrogens with two attached hydrogens (primary N) is 1. The quantitative estimate of drug-likeness (QED) is 0.451. The van der Waals surface area contributed by atoms with Gasteiger partial charge in [-0.1, -0.05) is 13.3 Å². The van der Waals surface area contributed by atoms with Gasteiger partial charge < -0.3 is 20.8 Å². The fourth-order valence-corrected chi connectivity index (χ4v) is 1.12. The molecule has 0 aliphatic rings. The molecule has 0 unspecified atom stereocenters. The zero-order valence-electron chi connectivity index (χ0n) is 7.43. The maximum absolute atomic E-state index is 11.0. The molecule has 1 amide bonds. The molecule has 0 bridgehead atoms. The average Bonchev–Trinajstić information content (AvgIpc) is 1.99. The number of carbonyl (C=O) groups is 1. The normalized spacial score (nSPS) is 13.8. The summed E-state index contributed by atoms with van der Waals surface area (Å²) < 4.78 is 10.4. The minimum Gasteiger partial charge on any atom is -0.343 e. The molecule has 0 spiro atoms. The molecule has 78 valence electrons. The van der Waals surface area contributed by atoms with Crippen LogP contribution in [0.3, 0.4) is 0 Å². The van der Waals surface area contributed by atoms with Gasteiger partial charge in [-0.15, -0.1) is 0 Å². The van der Waals surface area contributed by atoms with E-state index in [-0.39, 0.29) is 0 Å². The molecule has 7 heteroatoms. The molecule has 5 N–H and O–H groups in total. The molecular formula is C6H15N2O4P. The number of carbonyl (C=O) groups excluding carboxylic acids is 1. The van der Waals surface area contributed by atoms with E-state index in [1.807, 2.05) is 6.92 Å². The fourth-order valence-electron chi connectivity index (χ4n) is 0.754. The predicted octanol–water partition coefficient (Wildman–Crippen LogP) is -0.635. The van der Waals surface area contributed by atoms with E-state index in [1.165, 1.54) is 0 Å². The third-order valence-electron chi connectivity index (χ3n) is 1.40. The summed E-state index contributed by atoms with van der Waals surface area (Å²) in [6.07, 6.45) is 0.612. The summed E-state index contributed by atoms with van der Waals surface area (Å²) >= 11 is 0. The van der Waals surface area contributed by atoms with Gasteiger partial charge in [0.15, 0.2) is 0 Å². The molecule has 0 heterocycles. The largest absolute Gasteiger partial charge is 0.344 e. The van der Waals surface area contributed by atoms with Crippen molar-refractivity contribution in [2.75, 3.05) is 6.29 Å². The second kappa shape index (κ2) is 5.34. The van der Waals surface area contributed by atoms with Crippen molar-refractivity contribution in [3.63, 3.8) is 0 Å². The highest BCUT2D eigenvalue weighted by molar-refractivity contribution is 7.51. The van der Waals surface area contributed by atoms with Gasteiger partial charge in [0.1, 0.15) is 6.29 Å². The second-order valence-electron chi connectivity index (χ2n) is 2.76. The van der Waals surface area contributed by atoms with Crippen molar-refractivity contribution < 1.29 is 19.1 Å². The standard InChI is InChI=1S/C6H15N2O4P/c1-2-3-5(7)6(9)8-4-13(10,11)12/h5H,2-4,7H2,1H3,(H,8,9)(H2,10,11,12)/t5-/m0/s1. The number of amides is 1. The smallest absolute Gasteiger partial charge is 0.343 e. The van der Waals surface area contributed by atoms with E-state index in [0.717, 1.165) is 6.42 Å². The van der Waals surface area contributed by atoms with E-state index >= 15 is 0 Å². The van der Waals surface area contributed by atoms with Gasteiger partial charge in [-0.25, -0.2) is 0 Å². The molecule has 0 aromatic rings. The molecule has 0 saturated heterocycles. The van der Waals surface area contributed by atoms with Crippen molar-refractivity contribution in [3.8, 4) is 0 Å². The number of rotatable bonds is 5. The number of nitrogens with one attached hydrogen (secondary N) is 1. The maximum atomic E-state index is 11.0. The van der Waals surface area contributed by atoms with Crippen LogP contribution >= 0.6 is 7.60 Å². The van der Waals surface area contributed by atoms with Crippen LogP contribution in [-0.4, -0.2) is 28.0 Å². The minimum atomic E-state index is -4.17. The lowest BCUT2D eigenvalue weighted by atomic mass is 10.2. The Morgan fingerprint density at radius 2 is 2.15 bits per heavy atom. The van der Waals surface area contributed by atoms with Crippen molar-refractivity contribution >= 4 is 13.5 Å². The fraction of sp³-hybridized carbons (Fsp3) is 0.833.